The maximum Gasteiger partial charge on any atom is 0.335 e. The summed E-state index contributed by atoms with van der Waals surface area (Å²) in [6.07, 6.45) is 2.77. The van der Waals surface area contributed by atoms with E-state index in [-0.39, 0.29) is 23.1 Å². The molecule has 0 spiro atoms. The second kappa shape index (κ2) is 7.00. The first kappa shape index (κ1) is 17.5. The van der Waals surface area contributed by atoms with Crippen molar-refractivity contribution in [3.05, 3.63) is 58.7 Å². The fourth-order valence-electron chi connectivity index (χ4n) is 3.27. The number of carbonyl (C=O) groups excluding carboxylic acids is 1. The number of likely N-dealkylation sites (tertiary alicyclic amines) is 1. The highest BCUT2D eigenvalue weighted by atomic mass is 35.5. The molecule has 1 aliphatic rings. The summed E-state index contributed by atoms with van der Waals surface area (Å²) in [6.45, 7) is 1.06. The van der Waals surface area contributed by atoms with Crippen LogP contribution in [0.2, 0.25) is 5.02 Å². The molecule has 2 aromatic heterocycles. The van der Waals surface area contributed by atoms with Gasteiger partial charge in [-0.25, -0.2) is 9.78 Å². The van der Waals surface area contributed by atoms with Gasteiger partial charge in [0.15, 0.2) is 11.5 Å². The van der Waals surface area contributed by atoms with E-state index in [1.165, 1.54) is 18.3 Å². The molecule has 1 aliphatic heterocycles. The van der Waals surface area contributed by atoms with Gasteiger partial charge in [0.05, 0.1) is 5.56 Å². The van der Waals surface area contributed by atoms with Crippen molar-refractivity contribution >= 4 is 34.6 Å². The molecule has 0 unspecified atom stereocenters. The Hall–Kier alpha value is -2.93. The van der Waals surface area contributed by atoms with Crippen LogP contribution in [0.25, 0.3) is 11.1 Å². The van der Waals surface area contributed by atoms with Gasteiger partial charge in [-0.05, 0) is 43.2 Å². The van der Waals surface area contributed by atoms with Crippen LogP contribution in [0.3, 0.4) is 0 Å². The first-order valence-corrected chi connectivity index (χ1v) is 8.93. The Morgan fingerprint density at radius 3 is 2.70 bits per heavy atom. The third-order valence-electron chi connectivity index (χ3n) is 4.72. The lowest BCUT2D eigenvalue weighted by Gasteiger charge is -2.30. The van der Waals surface area contributed by atoms with Crippen molar-refractivity contribution in [3.8, 4) is 0 Å². The zero-order valence-corrected chi connectivity index (χ0v) is 15.0. The average molecular weight is 386 g/mol. The maximum absolute atomic E-state index is 12.6. The van der Waals surface area contributed by atoms with Crippen LogP contribution in [0, 0.1) is 0 Å². The number of carboxylic acids is 1. The molecule has 0 saturated carbocycles. The monoisotopic (exact) mass is 385 g/mol. The molecular weight excluding hydrogens is 370 g/mol. The highest BCUT2D eigenvalue weighted by Crippen LogP contribution is 2.31. The number of rotatable bonds is 3. The van der Waals surface area contributed by atoms with Crippen LogP contribution < -0.4 is 0 Å². The zero-order chi connectivity index (χ0) is 19.0. The Balaban J connectivity index is 1.45. The second-order valence-corrected chi connectivity index (χ2v) is 6.90. The molecule has 1 aromatic carbocycles. The number of amides is 1. The van der Waals surface area contributed by atoms with Gasteiger partial charge in [-0.1, -0.05) is 11.6 Å². The van der Waals surface area contributed by atoms with Crippen LogP contribution in [-0.4, -0.2) is 44.9 Å². The number of pyridine rings is 1. The minimum Gasteiger partial charge on any atom is -0.478 e. The quantitative estimate of drug-likeness (QED) is 0.740. The smallest absolute Gasteiger partial charge is 0.335 e. The first-order chi connectivity index (χ1) is 13.0. The van der Waals surface area contributed by atoms with Gasteiger partial charge >= 0.3 is 5.97 Å². The second-order valence-electron chi connectivity index (χ2n) is 6.47. The molecular formula is C19H16ClN3O4. The fourth-order valence-corrected chi connectivity index (χ4v) is 3.43. The molecule has 1 amide bonds. The van der Waals surface area contributed by atoms with Crippen molar-refractivity contribution in [1.29, 1.82) is 0 Å². The Morgan fingerprint density at radius 2 is 1.96 bits per heavy atom. The number of benzene rings is 1. The van der Waals surface area contributed by atoms with Gasteiger partial charge in [0.2, 0.25) is 0 Å². The van der Waals surface area contributed by atoms with E-state index >= 15 is 0 Å². The lowest BCUT2D eigenvalue weighted by atomic mass is 9.96. The predicted molar refractivity (Wildman–Crippen MR) is 98.1 cm³/mol. The summed E-state index contributed by atoms with van der Waals surface area (Å²) in [5, 5.41) is 9.67. The molecule has 1 N–H and O–H groups in total. The molecule has 3 aromatic rings. The van der Waals surface area contributed by atoms with Gasteiger partial charge in [0, 0.05) is 30.2 Å². The summed E-state index contributed by atoms with van der Waals surface area (Å²) in [6, 6.07) is 8.00. The number of halogens is 1. The summed E-state index contributed by atoms with van der Waals surface area (Å²) in [5.74, 6) is -0.564. The lowest BCUT2D eigenvalue weighted by Crippen LogP contribution is -2.38. The van der Waals surface area contributed by atoms with Gasteiger partial charge in [-0.2, -0.15) is 0 Å². The van der Waals surface area contributed by atoms with E-state index in [2.05, 4.69) is 9.97 Å². The van der Waals surface area contributed by atoms with E-state index in [0.717, 1.165) is 5.52 Å². The zero-order valence-electron chi connectivity index (χ0n) is 14.3. The van der Waals surface area contributed by atoms with Crippen LogP contribution in [-0.2, 0) is 0 Å². The van der Waals surface area contributed by atoms with E-state index in [1.54, 1.807) is 23.1 Å². The van der Waals surface area contributed by atoms with Crippen molar-refractivity contribution in [2.45, 2.75) is 18.8 Å². The topological polar surface area (TPSA) is 96.5 Å². The maximum atomic E-state index is 12.6. The fraction of sp³-hybridized carbons (Fsp3) is 0.263. The summed E-state index contributed by atoms with van der Waals surface area (Å²) < 4.78 is 5.83. The van der Waals surface area contributed by atoms with Crippen LogP contribution in [0.5, 0.6) is 0 Å². The van der Waals surface area contributed by atoms with Gasteiger partial charge in [-0.15, -0.1) is 0 Å². The summed E-state index contributed by atoms with van der Waals surface area (Å²) in [7, 11) is 0. The number of carboxylic acid groups (broad SMARTS) is 1. The van der Waals surface area contributed by atoms with Crippen molar-refractivity contribution in [2.24, 2.45) is 0 Å². The van der Waals surface area contributed by atoms with E-state index in [0.29, 0.717) is 42.4 Å². The van der Waals surface area contributed by atoms with Crippen LogP contribution >= 0.6 is 11.6 Å². The Labute approximate surface area is 159 Å². The SMILES string of the molecule is O=C(O)c1ccnc(C(=O)N2CCC(c3nc4cc(Cl)ccc4o3)CC2)c1. The van der Waals surface area contributed by atoms with Crippen molar-refractivity contribution in [3.63, 3.8) is 0 Å². The molecule has 0 atom stereocenters. The molecule has 3 heterocycles. The molecule has 7 nitrogen and oxygen atoms in total. The van der Waals surface area contributed by atoms with Crippen molar-refractivity contribution in [1.82, 2.24) is 14.9 Å². The van der Waals surface area contributed by atoms with Crippen molar-refractivity contribution in [2.75, 3.05) is 13.1 Å². The molecule has 1 fully saturated rings. The van der Waals surface area contributed by atoms with Crippen LogP contribution in [0.4, 0.5) is 0 Å². The van der Waals surface area contributed by atoms with E-state index < -0.39 is 5.97 Å². The van der Waals surface area contributed by atoms with Crippen LogP contribution in [0.15, 0.2) is 40.9 Å². The van der Waals surface area contributed by atoms with E-state index in [9.17, 15) is 9.59 Å². The number of carbonyl (C=O) groups is 2. The minimum atomic E-state index is -1.08. The average Bonchev–Trinajstić information content (AvgIpc) is 3.10. The van der Waals surface area contributed by atoms with Gasteiger partial charge in [-0.3, -0.25) is 9.78 Å². The minimum absolute atomic E-state index is 0.0494. The van der Waals surface area contributed by atoms with E-state index in [1.807, 2.05) is 0 Å². The summed E-state index contributed by atoms with van der Waals surface area (Å²) in [4.78, 5) is 33.9. The molecule has 8 heteroatoms. The molecule has 27 heavy (non-hydrogen) atoms. The Kier molecular flexibility index (Phi) is 4.53. The van der Waals surface area contributed by atoms with Gasteiger partial charge in [0.25, 0.3) is 5.91 Å². The van der Waals surface area contributed by atoms with E-state index in [4.69, 9.17) is 21.1 Å². The Morgan fingerprint density at radius 1 is 1.19 bits per heavy atom. The third kappa shape index (κ3) is 3.50. The number of hydrogen-bond acceptors (Lipinski definition) is 5. The standard InChI is InChI=1S/C19H16ClN3O4/c20-13-1-2-16-14(10-13)22-17(27-16)11-4-7-23(8-5-11)18(24)15-9-12(19(25)26)3-6-21-15/h1-3,6,9-11H,4-5,7-8H2,(H,25,26). The Bertz CT molecular complexity index is 1020. The number of hydrogen-bond donors (Lipinski definition) is 1. The number of piperidine rings is 1. The number of aromatic nitrogens is 2. The molecule has 0 radical (unpaired) electrons. The number of oxazole rings is 1. The van der Waals surface area contributed by atoms with Gasteiger partial charge < -0.3 is 14.4 Å². The molecule has 0 aliphatic carbocycles. The molecule has 0 bridgehead atoms. The highest BCUT2D eigenvalue weighted by molar-refractivity contribution is 6.31. The van der Waals surface area contributed by atoms with Crippen LogP contribution in [0.1, 0.15) is 45.5 Å². The number of fused-ring (bicyclic) bond motifs is 1. The number of nitrogens with zero attached hydrogens (tertiary/aromatic N) is 3. The molecule has 1 saturated heterocycles. The highest BCUT2D eigenvalue weighted by Gasteiger charge is 2.28. The first-order valence-electron chi connectivity index (χ1n) is 8.56. The largest absolute Gasteiger partial charge is 0.478 e. The third-order valence-corrected chi connectivity index (χ3v) is 4.96. The predicted octanol–water partition coefficient (Wildman–Crippen LogP) is 3.59. The molecule has 138 valence electrons. The van der Waals surface area contributed by atoms with Crippen molar-refractivity contribution < 1.29 is 19.1 Å². The summed E-state index contributed by atoms with van der Waals surface area (Å²) >= 11 is 5.99. The normalized spacial score (nSPS) is 15.2. The van der Waals surface area contributed by atoms with Gasteiger partial charge in [0.1, 0.15) is 11.2 Å². The lowest BCUT2D eigenvalue weighted by molar-refractivity contribution is 0.0696. The summed E-state index contributed by atoms with van der Waals surface area (Å²) in [5.41, 5.74) is 1.62. The number of aromatic carboxylic acids is 1. The molecule has 4 rings (SSSR count).